The fourth-order valence-corrected chi connectivity index (χ4v) is 1.58. The monoisotopic (exact) mass is 209 g/mol. The van der Waals surface area contributed by atoms with Gasteiger partial charge in [-0.3, -0.25) is 0 Å². The van der Waals surface area contributed by atoms with Crippen molar-refractivity contribution in [2.75, 3.05) is 20.3 Å². The zero-order chi connectivity index (χ0) is 11.1. The van der Waals surface area contributed by atoms with Crippen molar-refractivity contribution >= 4 is 0 Å². The Bertz CT molecular complexity index is 264. The van der Waals surface area contributed by atoms with Gasteiger partial charge in [-0.1, -0.05) is 30.3 Å². The van der Waals surface area contributed by atoms with Gasteiger partial charge < -0.3 is 15.2 Å². The Kier molecular flexibility index (Phi) is 5.32. The molecule has 0 saturated carbocycles. The van der Waals surface area contributed by atoms with E-state index < -0.39 is 0 Å². The maximum absolute atomic E-state index is 9.29. The van der Waals surface area contributed by atoms with Gasteiger partial charge in [0, 0.05) is 13.2 Å². The number of benzene rings is 1. The molecule has 0 aliphatic carbocycles. The molecule has 0 fully saturated rings. The SMILES string of the molecule is COC[C@H](C)N[C@H](CO)c1ccccc1. The predicted molar refractivity (Wildman–Crippen MR) is 60.7 cm³/mol. The third-order valence-corrected chi connectivity index (χ3v) is 2.29. The quantitative estimate of drug-likeness (QED) is 0.743. The Hall–Kier alpha value is -0.900. The first-order valence-corrected chi connectivity index (χ1v) is 5.18. The van der Waals surface area contributed by atoms with Gasteiger partial charge in [-0.15, -0.1) is 0 Å². The zero-order valence-corrected chi connectivity index (χ0v) is 9.31. The van der Waals surface area contributed by atoms with Crippen LogP contribution in [0, 0.1) is 0 Å². The summed E-state index contributed by atoms with van der Waals surface area (Å²) in [4.78, 5) is 0. The molecule has 1 aromatic carbocycles. The summed E-state index contributed by atoms with van der Waals surface area (Å²) in [6.45, 7) is 2.77. The highest BCUT2D eigenvalue weighted by Gasteiger charge is 2.12. The van der Waals surface area contributed by atoms with Gasteiger partial charge in [0.1, 0.15) is 0 Å². The Balaban J connectivity index is 2.56. The topological polar surface area (TPSA) is 41.5 Å². The van der Waals surface area contributed by atoms with Crippen LogP contribution in [0.25, 0.3) is 0 Å². The lowest BCUT2D eigenvalue weighted by atomic mass is 10.1. The molecule has 1 rings (SSSR count). The number of methoxy groups -OCH3 is 1. The first kappa shape index (κ1) is 12.2. The van der Waals surface area contributed by atoms with Gasteiger partial charge in [0.15, 0.2) is 0 Å². The molecule has 0 heterocycles. The van der Waals surface area contributed by atoms with Gasteiger partial charge in [0.25, 0.3) is 0 Å². The lowest BCUT2D eigenvalue weighted by molar-refractivity contribution is 0.154. The van der Waals surface area contributed by atoms with Crippen LogP contribution >= 0.6 is 0 Å². The Morgan fingerprint density at radius 1 is 1.33 bits per heavy atom. The number of aliphatic hydroxyl groups is 1. The molecule has 0 radical (unpaired) electrons. The molecule has 0 spiro atoms. The van der Waals surface area contributed by atoms with E-state index in [1.807, 2.05) is 37.3 Å². The van der Waals surface area contributed by atoms with Crippen LogP contribution in [0.2, 0.25) is 0 Å². The van der Waals surface area contributed by atoms with Crippen molar-refractivity contribution < 1.29 is 9.84 Å². The molecular weight excluding hydrogens is 190 g/mol. The molecule has 2 N–H and O–H groups in total. The molecule has 0 aliphatic rings. The number of nitrogens with one attached hydrogen (secondary N) is 1. The number of rotatable bonds is 6. The number of hydrogen-bond donors (Lipinski definition) is 2. The van der Waals surface area contributed by atoms with Gasteiger partial charge in [-0.25, -0.2) is 0 Å². The van der Waals surface area contributed by atoms with Gasteiger partial charge >= 0.3 is 0 Å². The van der Waals surface area contributed by atoms with Crippen LogP contribution in [-0.4, -0.2) is 31.5 Å². The first-order valence-electron chi connectivity index (χ1n) is 5.18. The number of ether oxygens (including phenoxy) is 1. The van der Waals surface area contributed by atoms with E-state index in [0.717, 1.165) is 5.56 Å². The summed E-state index contributed by atoms with van der Waals surface area (Å²) < 4.78 is 5.04. The molecule has 3 heteroatoms. The van der Waals surface area contributed by atoms with Crippen LogP contribution in [0.4, 0.5) is 0 Å². The van der Waals surface area contributed by atoms with Crippen LogP contribution in [0.5, 0.6) is 0 Å². The van der Waals surface area contributed by atoms with Crippen molar-refractivity contribution in [1.29, 1.82) is 0 Å². The minimum absolute atomic E-state index is 0.0173. The summed E-state index contributed by atoms with van der Waals surface area (Å²) in [5, 5.41) is 12.6. The third-order valence-electron chi connectivity index (χ3n) is 2.29. The average Bonchev–Trinajstić information content (AvgIpc) is 2.27. The van der Waals surface area contributed by atoms with Crippen molar-refractivity contribution in [1.82, 2.24) is 5.32 Å². The largest absolute Gasteiger partial charge is 0.394 e. The highest BCUT2D eigenvalue weighted by Crippen LogP contribution is 2.12. The first-order chi connectivity index (χ1) is 7.27. The van der Waals surface area contributed by atoms with Gasteiger partial charge in [0.05, 0.1) is 19.3 Å². The summed E-state index contributed by atoms with van der Waals surface area (Å²) in [7, 11) is 1.68. The van der Waals surface area contributed by atoms with E-state index >= 15 is 0 Å². The van der Waals surface area contributed by atoms with E-state index in [9.17, 15) is 5.11 Å². The fourth-order valence-electron chi connectivity index (χ4n) is 1.58. The number of hydrogen-bond acceptors (Lipinski definition) is 3. The second kappa shape index (κ2) is 6.56. The molecule has 1 aromatic rings. The molecule has 0 bridgehead atoms. The highest BCUT2D eigenvalue weighted by atomic mass is 16.5. The fraction of sp³-hybridized carbons (Fsp3) is 0.500. The molecule has 0 amide bonds. The van der Waals surface area contributed by atoms with Crippen molar-refractivity contribution in [3.8, 4) is 0 Å². The van der Waals surface area contributed by atoms with Crippen molar-refractivity contribution in [3.05, 3.63) is 35.9 Å². The molecule has 84 valence electrons. The second-order valence-electron chi connectivity index (χ2n) is 3.67. The van der Waals surface area contributed by atoms with E-state index in [4.69, 9.17) is 4.74 Å². The minimum Gasteiger partial charge on any atom is -0.394 e. The summed E-state index contributed by atoms with van der Waals surface area (Å²) >= 11 is 0. The molecule has 3 nitrogen and oxygen atoms in total. The van der Waals surface area contributed by atoms with E-state index in [1.165, 1.54) is 0 Å². The van der Waals surface area contributed by atoms with Crippen LogP contribution < -0.4 is 5.32 Å². The Morgan fingerprint density at radius 3 is 2.53 bits per heavy atom. The Morgan fingerprint density at radius 2 is 2.00 bits per heavy atom. The second-order valence-corrected chi connectivity index (χ2v) is 3.67. The van der Waals surface area contributed by atoms with E-state index in [0.29, 0.717) is 6.61 Å². The van der Waals surface area contributed by atoms with E-state index in [1.54, 1.807) is 7.11 Å². The van der Waals surface area contributed by atoms with E-state index in [2.05, 4.69) is 5.32 Å². The van der Waals surface area contributed by atoms with Crippen molar-refractivity contribution in [2.45, 2.75) is 19.0 Å². The standard InChI is InChI=1S/C12H19NO2/c1-10(9-15-2)13-12(8-14)11-6-4-3-5-7-11/h3-7,10,12-14H,8-9H2,1-2H3/t10-,12+/m0/s1. The molecule has 0 aromatic heterocycles. The van der Waals surface area contributed by atoms with E-state index in [-0.39, 0.29) is 18.7 Å². The molecular formula is C12H19NO2. The van der Waals surface area contributed by atoms with Crippen LogP contribution in [0.15, 0.2) is 30.3 Å². The predicted octanol–water partition coefficient (Wildman–Crippen LogP) is 1.34. The molecule has 0 unspecified atom stereocenters. The molecule has 0 saturated heterocycles. The lowest BCUT2D eigenvalue weighted by Crippen LogP contribution is -2.35. The molecule has 0 aliphatic heterocycles. The van der Waals surface area contributed by atoms with Crippen molar-refractivity contribution in [3.63, 3.8) is 0 Å². The summed E-state index contributed by atoms with van der Waals surface area (Å²) in [6, 6.07) is 10.1. The maximum atomic E-state index is 9.29. The summed E-state index contributed by atoms with van der Waals surface area (Å²) in [5.74, 6) is 0. The summed E-state index contributed by atoms with van der Waals surface area (Å²) in [5.41, 5.74) is 1.10. The lowest BCUT2D eigenvalue weighted by Gasteiger charge is -2.21. The number of aliphatic hydroxyl groups excluding tert-OH is 1. The smallest absolute Gasteiger partial charge is 0.0626 e. The normalized spacial score (nSPS) is 14.9. The van der Waals surface area contributed by atoms with Crippen LogP contribution in [-0.2, 0) is 4.74 Å². The van der Waals surface area contributed by atoms with Gasteiger partial charge in [0.2, 0.25) is 0 Å². The van der Waals surface area contributed by atoms with Crippen molar-refractivity contribution in [2.24, 2.45) is 0 Å². The Labute approximate surface area is 91.1 Å². The van der Waals surface area contributed by atoms with Crippen LogP contribution in [0.3, 0.4) is 0 Å². The highest BCUT2D eigenvalue weighted by molar-refractivity contribution is 5.18. The van der Waals surface area contributed by atoms with Gasteiger partial charge in [-0.05, 0) is 12.5 Å². The molecule has 2 atom stereocenters. The minimum atomic E-state index is -0.0173. The summed E-state index contributed by atoms with van der Waals surface area (Å²) in [6.07, 6.45) is 0. The van der Waals surface area contributed by atoms with Gasteiger partial charge in [-0.2, -0.15) is 0 Å². The molecule has 15 heavy (non-hydrogen) atoms. The third kappa shape index (κ3) is 4.00. The van der Waals surface area contributed by atoms with Crippen LogP contribution in [0.1, 0.15) is 18.5 Å². The zero-order valence-electron chi connectivity index (χ0n) is 9.31. The maximum Gasteiger partial charge on any atom is 0.0626 e. The average molecular weight is 209 g/mol.